The fraction of sp³-hybridized carbons (Fsp3) is 0.167. The van der Waals surface area contributed by atoms with E-state index in [2.05, 4.69) is 31.1 Å². The molecule has 1 fully saturated rings. The van der Waals surface area contributed by atoms with Crippen LogP contribution >= 0.6 is 15.9 Å². The number of nitrogens with zero attached hydrogens (tertiary/aromatic N) is 3. The smallest absolute Gasteiger partial charge is 0.272 e. The Kier molecular flexibility index (Phi) is 4.23. The second-order valence-corrected chi connectivity index (χ2v) is 6.63. The molecule has 1 aromatic carbocycles. The molecule has 2 aromatic heterocycles. The number of benzene rings is 1. The van der Waals surface area contributed by atoms with E-state index in [9.17, 15) is 4.79 Å². The Labute approximate surface area is 153 Å². The summed E-state index contributed by atoms with van der Waals surface area (Å²) in [5, 5.41) is 7.05. The molecule has 7 heteroatoms. The summed E-state index contributed by atoms with van der Waals surface area (Å²) >= 11 is 3.40. The van der Waals surface area contributed by atoms with Crippen LogP contribution in [0.25, 0.3) is 11.3 Å². The Morgan fingerprint density at radius 1 is 1.20 bits per heavy atom. The van der Waals surface area contributed by atoms with Crippen LogP contribution < -0.4 is 4.74 Å². The molecule has 3 aromatic rings. The van der Waals surface area contributed by atoms with E-state index < -0.39 is 0 Å². The third-order valence-corrected chi connectivity index (χ3v) is 4.62. The molecule has 0 atom stereocenters. The highest BCUT2D eigenvalue weighted by atomic mass is 79.9. The number of hydrogen-bond donors (Lipinski definition) is 1. The van der Waals surface area contributed by atoms with Gasteiger partial charge in [0.1, 0.15) is 11.8 Å². The van der Waals surface area contributed by atoms with Gasteiger partial charge in [-0.25, -0.2) is 4.98 Å². The Bertz CT molecular complexity index is 891. The molecule has 0 bridgehead atoms. The van der Waals surface area contributed by atoms with Crippen molar-refractivity contribution in [3.8, 4) is 17.1 Å². The van der Waals surface area contributed by atoms with Gasteiger partial charge < -0.3 is 9.64 Å². The Morgan fingerprint density at radius 2 is 2.00 bits per heavy atom. The van der Waals surface area contributed by atoms with Gasteiger partial charge in [-0.15, -0.1) is 0 Å². The van der Waals surface area contributed by atoms with Gasteiger partial charge in [0.05, 0.1) is 23.3 Å². The van der Waals surface area contributed by atoms with Crippen LogP contribution in [0.2, 0.25) is 0 Å². The fourth-order valence-electron chi connectivity index (χ4n) is 2.65. The summed E-state index contributed by atoms with van der Waals surface area (Å²) in [5.41, 5.74) is 2.22. The molecule has 4 rings (SSSR count). The summed E-state index contributed by atoms with van der Waals surface area (Å²) in [6.07, 6.45) is 1.63. The topological polar surface area (TPSA) is 71.1 Å². The quantitative estimate of drug-likeness (QED) is 0.732. The van der Waals surface area contributed by atoms with Gasteiger partial charge in [-0.05, 0) is 34.1 Å². The second-order valence-electron chi connectivity index (χ2n) is 5.77. The summed E-state index contributed by atoms with van der Waals surface area (Å²) in [7, 11) is 0. The molecule has 0 radical (unpaired) electrons. The van der Waals surface area contributed by atoms with E-state index in [1.807, 2.05) is 42.5 Å². The molecule has 6 nitrogen and oxygen atoms in total. The van der Waals surface area contributed by atoms with Crippen molar-refractivity contribution in [1.82, 2.24) is 20.1 Å². The van der Waals surface area contributed by atoms with E-state index in [4.69, 9.17) is 4.74 Å². The van der Waals surface area contributed by atoms with Crippen molar-refractivity contribution >= 4 is 21.8 Å². The number of carbonyl (C=O) groups is 1. The lowest BCUT2D eigenvalue weighted by molar-refractivity contribution is 0.0152. The highest BCUT2D eigenvalue weighted by molar-refractivity contribution is 9.10. The first-order valence-corrected chi connectivity index (χ1v) is 8.67. The van der Waals surface area contributed by atoms with Crippen molar-refractivity contribution in [1.29, 1.82) is 0 Å². The minimum Gasteiger partial charge on any atom is -0.470 e. The normalized spacial score (nSPS) is 14.2. The van der Waals surface area contributed by atoms with Crippen molar-refractivity contribution < 1.29 is 9.53 Å². The molecule has 0 saturated carbocycles. The van der Waals surface area contributed by atoms with E-state index >= 15 is 0 Å². The van der Waals surface area contributed by atoms with Crippen molar-refractivity contribution in [2.24, 2.45) is 0 Å². The molecule has 1 amide bonds. The van der Waals surface area contributed by atoms with Gasteiger partial charge in [0.25, 0.3) is 5.91 Å². The molecule has 1 N–H and O–H groups in total. The number of ether oxygens (including phenoxy) is 1. The lowest BCUT2D eigenvalue weighted by atomic mass is 10.1. The number of hydrogen-bond acceptors (Lipinski definition) is 4. The molecular formula is C18H15BrN4O2. The lowest BCUT2D eigenvalue weighted by Crippen LogP contribution is -2.56. The highest BCUT2D eigenvalue weighted by Crippen LogP contribution is 2.25. The lowest BCUT2D eigenvalue weighted by Gasteiger charge is -2.38. The van der Waals surface area contributed by atoms with Crippen LogP contribution in [0, 0.1) is 0 Å². The molecule has 1 saturated heterocycles. The minimum absolute atomic E-state index is 0.0494. The number of likely N-dealkylation sites (tertiary alicyclic amines) is 1. The molecular weight excluding hydrogens is 384 g/mol. The van der Waals surface area contributed by atoms with Gasteiger partial charge in [-0.2, -0.15) is 5.10 Å². The number of nitrogens with one attached hydrogen (secondary N) is 1. The molecule has 0 aliphatic carbocycles. The molecule has 0 spiro atoms. The third-order valence-electron chi connectivity index (χ3n) is 4.02. The van der Waals surface area contributed by atoms with Crippen molar-refractivity contribution in [3.05, 3.63) is 64.9 Å². The number of carbonyl (C=O) groups excluding carboxylic acids is 1. The first-order valence-electron chi connectivity index (χ1n) is 7.88. The van der Waals surface area contributed by atoms with Crippen molar-refractivity contribution in [2.45, 2.75) is 6.10 Å². The summed E-state index contributed by atoms with van der Waals surface area (Å²) in [4.78, 5) is 18.4. The van der Waals surface area contributed by atoms with Crippen molar-refractivity contribution in [2.75, 3.05) is 13.1 Å². The zero-order chi connectivity index (χ0) is 17.2. The van der Waals surface area contributed by atoms with Crippen LogP contribution in [-0.2, 0) is 0 Å². The van der Waals surface area contributed by atoms with Crippen LogP contribution in [0.15, 0.2) is 59.2 Å². The molecule has 1 aliphatic heterocycles. The first kappa shape index (κ1) is 15.8. The maximum atomic E-state index is 12.5. The number of rotatable bonds is 4. The van der Waals surface area contributed by atoms with Crippen LogP contribution in [0.3, 0.4) is 0 Å². The average Bonchev–Trinajstić information content (AvgIpc) is 3.09. The van der Waals surface area contributed by atoms with Crippen LogP contribution in [0.1, 0.15) is 10.5 Å². The summed E-state index contributed by atoms with van der Waals surface area (Å²) in [6.45, 7) is 1.06. The van der Waals surface area contributed by atoms with Crippen LogP contribution in [-0.4, -0.2) is 45.2 Å². The van der Waals surface area contributed by atoms with E-state index in [0.717, 1.165) is 15.7 Å². The number of aromatic amines is 1. The number of H-pyrrole nitrogens is 1. The Hall–Kier alpha value is -2.67. The van der Waals surface area contributed by atoms with E-state index in [0.29, 0.717) is 24.7 Å². The van der Waals surface area contributed by atoms with Gasteiger partial charge in [0.2, 0.25) is 5.88 Å². The van der Waals surface area contributed by atoms with Crippen LogP contribution in [0.4, 0.5) is 0 Å². The predicted molar refractivity (Wildman–Crippen MR) is 96.3 cm³/mol. The zero-order valence-corrected chi connectivity index (χ0v) is 14.8. The maximum absolute atomic E-state index is 12.5. The van der Waals surface area contributed by atoms with E-state index in [-0.39, 0.29) is 12.0 Å². The van der Waals surface area contributed by atoms with Gasteiger partial charge >= 0.3 is 0 Å². The van der Waals surface area contributed by atoms with Crippen molar-refractivity contribution in [3.63, 3.8) is 0 Å². The predicted octanol–water partition coefficient (Wildman–Crippen LogP) is 3.14. The summed E-state index contributed by atoms with van der Waals surface area (Å²) < 4.78 is 6.60. The van der Waals surface area contributed by atoms with Gasteiger partial charge in [0, 0.05) is 11.8 Å². The number of halogens is 1. The molecule has 25 heavy (non-hydrogen) atoms. The van der Waals surface area contributed by atoms with Gasteiger partial charge in [-0.1, -0.05) is 30.3 Å². The third kappa shape index (κ3) is 3.28. The van der Waals surface area contributed by atoms with Crippen LogP contribution in [0.5, 0.6) is 5.88 Å². The average molecular weight is 399 g/mol. The minimum atomic E-state index is -0.0744. The van der Waals surface area contributed by atoms with Gasteiger partial charge in [0.15, 0.2) is 0 Å². The number of amides is 1. The molecule has 1 aliphatic rings. The molecule has 3 heterocycles. The SMILES string of the molecule is O=C(c1cc(-c2ccccc2)n[nH]1)N1CC(Oc2ncccc2Br)C1. The zero-order valence-electron chi connectivity index (χ0n) is 13.2. The van der Waals surface area contributed by atoms with Gasteiger partial charge in [-0.3, -0.25) is 9.89 Å². The van der Waals surface area contributed by atoms with E-state index in [1.165, 1.54) is 0 Å². The summed E-state index contributed by atoms with van der Waals surface area (Å²) in [5.74, 6) is 0.474. The Balaban J connectivity index is 1.37. The number of pyridine rings is 1. The standard InChI is InChI=1S/C18H15BrN4O2/c19-14-7-4-8-20-17(14)25-13-10-23(11-13)18(24)16-9-15(21-22-16)12-5-2-1-3-6-12/h1-9,13H,10-11H2,(H,21,22). The summed E-state index contributed by atoms with van der Waals surface area (Å²) in [6, 6.07) is 15.2. The monoisotopic (exact) mass is 398 g/mol. The molecule has 0 unspecified atom stereocenters. The fourth-order valence-corrected chi connectivity index (χ4v) is 3.00. The molecule has 126 valence electrons. The Morgan fingerprint density at radius 3 is 2.76 bits per heavy atom. The largest absolute Gasteiger partial charge is 0.470 e. The first-order chi connectivity index (χ1) is 12.2. The second kappa shape index (κ2) is 6.68. The highest BCUT2D eigenvalue weighted by Gasteiger charge is 2.34. The number of aromatic nitrogens is 3. The maximum Gasteiger partial charge on any atom is 0.272 e. The van der Waals surface area contributed by atoms with E-state index in [1.54, 1.807) is 17.2 Å².